The van der Waals surface area contributed by atoms with E-state index in [1.165, 1.54) is 16.5 Å². The Hall–Kier alpha value is -3.59. The Morgan fingerprint density at radius 3 is 2.17 bits per heavy atom. The molecule has 0 bridgehead atoms. The van der Waals surface area contributed by atoms with Gasteiger partial charge in [0.2, 0.25) is 0 Å². The molecule has 181 valence electrons. The summed E-state index contributed by atoms with van der Waals surface area (Å²) in [4.78, 5) is 8.69. The first-order chi connectivity index (χ1) is 17.1. The molecule has 0 unspecified atom stereocenters. The first-order valence-electron chi connectivity index (χ1n) is 11.8. The van der Waals surface area contributed by atoms with Gasteiger partial charge in [-0.1, -0.05) is 67.1 Å². The number of benzene rings is 3. The SMILES string of the molecule is CC(C)c1c[c-]c(-c2ccccn2)cc1.Cc1cccc2oc3c(-c4ccccn4)[c-]ccc3c12.[Ir]. The second-order valence-electron chi connectivity index (χ2n) is 8.77. The molecule has 3 heterocycles. The normalized spacial score (nSPS) is 10.7. The monoisotopic (exact) mass is 647 g/mol. The summed E-state index contributed by atoms with van der Waals surface area (Å²) >= 11 is 0. The quantitative estimate of drug-likeness (QED) is 0.181. The molecular formula is C32H26IrN2O-2. The molecule has 6 rings (SSSR count). The van der Waals surface area contributed by atoms with Crippen LogP contribution in [0, 0.1) is 19.1 Å². The molecule has 0 aliphatic carbocycles. The Bertz CT molecular complexity index is 1560. The summed E-state index contributed by atoms with van der Waals surface area (Å²) in [5.41, 5.74) is 8.14. The Kier molecular flexibility index (Phi) is 8.10. The fraction of sp³-hybridized carbons (Fsp3) is 0.125. The first kappa shape index (κ1) is 25.5. The van der Waals surface area contributed by atoms with Gasteiger partial charge in [-0.15, -0.1) is 53.6 Å². The first-order valence-corrected chi connectivity index (χ1v) is 11.8. The zero-order chi connectivity index (χ0) is 24.2. The third kappa shape index (κ3) is 5.31. The van der Waals surface area contributed by atoms with Crippen LogP contribution in [0.3, 0.4) is 0 Å². The minimum atomic E-state index is 0. The predicted molar refractivity (Wildman–Crippen MR) is 143 cm³/mol. The third-order valence-corrected chi connectivity index (χ3v) is 6.03. The van der Waals surface area contributed by atoms with Crippen molar-refractivity contribution in [2.24, 2.45) is 0 Å². The second kappa shape index (κ2) is 11.4. The molecule has 0 spiro atoms. The zero-order valence-electron chi connectivity index (χ0n) is 20.5. The standard InChI is InChI=1S/C18H12NO.C14H14N.Ir/c1-12-6-4-10-16-17(12)14-8-5-7-13(18(14)20-16)15-9-2-3-11-19-15;1-11(2)12-6-8-13(9-7-12)14-5-3-4-10-15-14;/h2-6,8-11H,1H3;3-8,10-11H,1-2H3;/q2*-1;. The average Bonchev–Trinajstić information content (AvgIpc) is 3.30. The molecule has 36 heavy (non-hydrogen) atoms. The second-order valence-corrected chi connectivity index (χ2v) is 8.77. The smallest absolute Gasteiger partial charge is 0.121 e. The average molecular weight is 647 g/mol. The molecule has 6 aromatic rings. The zero-order valence-corrected chi connectivity index (χ0v) is 22.8. The Balaban J connectivity index is 0.000000172. The maximum atomic E-state index is 6.05. The Morgan fingerprint density at radius 1 is 0.778 bits per heavy atom. The van der Waals surface area contributed by atoms with Crippen LogP contribution < -0.4 is 0 Å². The van der Waals surface area contributed by atoms with Gasteiger partial charge in [0, 0.05) is 37.9 Å². The number of nitrogens with zero attached hydrogens (tertiary/aromatic N) is 2. The van der Waals surface area contributed by atoms with Crippen molar-refractivity contribution in [3.63, 3.8) is 0 Å². The van der Waals surface area contributed by atoms with E-state index < -0.39 is 0 Å². The minimum Gasteiger partial charge on any atom is -0.501 e. The van der Waals surface area contributed by atoms with Crippen LogP contribution in [0.4, 0.5) is 0 Å². The molecule has 0 atom stereocenters. The van der Waals surface area contributed by atoms with E-state index in [1.807, 2.05) is 54.6 Å². The Morgan fingerprint density at radius 2 is 1.53 bits per heavy atom. The van der Waals surface area contributed by atoms with E-state index >= 15 is 0 Å². The van der Waals surface area contributed by atoms with Crippen LogP contribution >= 0.6 is 0 Å². The van der Waals surface area contributed by atoms with Gasteiger partial charge in [-0.25, -0.2) is 0 Å². The number of hydrogen-bond donors (Lipinski definition) is 0. The fourth-order valence-corrected chi connectivity index (χ4v) is 4.15. The summed E-state index contributed by atoms with van der Waals surface area (Å²) < 4.78 is 6.05. The number of rotatable bonds is 3. The largest absolute Gasteiger partial charge is 0.501 e. The van der Waals surface area contributed by atoms with Crippen LogP contribution in [-0.4, -0.2) is 9.97 Å². The van der Waals surface area contributed by atoms with Crippen LogP contribution in [0.2, 0.25) is 0 Å². The van der Waals surface area contributed by atoms with Gasteiger partial charge < -0.3 is 14.4 Å². The summed E-state index contributed by atoms with van der Waals surface area (Å²) in [5, 5.41) is 2.30. The van der Waals surface area contributed by atoms with Gasteiger partial charge in [0.1, 0.15) is 5.58 Å². The molecule has 4 heteroatoms. The van der Waals surface area contributed by atoms with E-state index in [4.69, 9.17) is 4.42 Å². The summed E-state index contributed by atoms with van der Waals surface area (Å²) in [5.74, 6) is 0.555. The van der Waals surface area contributed by atoms with Gasteiger partial charge in [-0.2, -0.15) is 0 Å². The number of aromatic nitrogens is 2. The van der Waals surface area contributed by atoms with Crippen molar-refractivity contribution < 1.29 is 24.5 Å². The minimum absolute atomic E-state index is 0. The molecule has 0 saturated heterocycles. The van der Waals surface area contributed by atoms with E-state index in [2.05, 4.69) is 73.2 Å². The van der Waals surface area contributed by atoms with Crippen molar-refractivity contribution in [3.8, 4) is 22.5 Å². The summed E-state index contributed by atoms with van der Waals surface area (Å²) in [6, 6.07) is 34.7. The van der Waals surface area contributed by atoms with Gasteiger partial charge in [-0.3, -0.25) is 0 Å². The van der Waals surface area contributed by atoms with E-state index in [9.17, 15) is 0 Å². The van der Waals surface area contributed by atoms with E-state index in [-0.39, 0.29) is 20.1 Å². The number of pyridine rings is 2. The van der Waals surface area contributed by atoms with Crippen molar-refractivity contribution in [1.29, 1.82) is 0 Å². The molecular weight excluding hydrogens is 621 g/mol. The molecule has 3 aromatic heterocycles. The molecule has 0 fully saturated rings. The number of fused-ring (bicyclic) bond motifs is 3. The van der Waals surface area contributed by atoms with Gasteiger partial charge >= 0.3 is 0 Å². The molecule has 1 radical (unpaired) electrons. The van der Waals surface area contributed by atoms with Gasteiger partial charge in [0.25, 0.3) is 0 Å². The van der Waals surface area contributed by atoms with Crippen molar-refractivity contribution >= 4 is 21.9 Å². The fourth-order valence-electron chi connectivity index (χ4n) is 4.15. The van der Waals surface area contributed by atoms with Crippen LogP contribution in [-0.2, 0) is 20.1 Å². The van der Waals surface area contributed by atoms with E-state index in [0.717, 1.165) is 39.1 Å². The molecule has 3 aromatic carbocycles. The topological polar surface area (TPSA) is 38.9 Å². The molecule has 0 aliphatic rings. The summed E-state index contributed by atoms with van der Waals surface area (Å²) in [6.07, 6.45) is 3.59. The van der Waals surface area contributed by atoms with Gasteiger partial charge in [0.15, 0.2) is 0 Å². The van der Waals surface area contributed by atoms with Crippen LogP contribution in [0.1, 0.15) is 30.9 Å². The van der Waals surface area contributed by atoms with Gasteiger partial charge in [-0.05, 0) is 42.1 Å². The van der Waals surface area contributed by atoms with Crippen LogP contribution in [0.15, 0.2) is 102 Å². The maximum Gasteiger partial charge on any atom is 0.121 e. The van der Waals surface area contributed by atoms with Crippen LogP contribution in [0.5, 0.6) is 0 Å². The van der Waals surface area contributed by atoms with Crippen molar-refractivity contribution in [1.82, 2.24) is 9.97 Å². The molecule has 0 N–H and O–H groups in total. The summed E-state index contributed by atoms with van der Waals surface area (Å²) in [7, 11) is 0. The molecule has 3 nitrogen and oxygen atoms in total. The number of aryl methyl sites for hydroxylation is 1. The number of hydrogen-bond acceptors (Lipinski definition) is 3. The van der Waals surface area contributed by atoms with Crippen molar-refractivity contribution in [2.75, 3.05) is 0 Å². The van der Waals surface area contributed by atoms with Crippen molar-refractivity contribution in [3.05, 3.63) is 121 Å². The summed E-state index contributed by atoms with van der Waals surface area (Å²) in [6.45, 7) is 6.47. The van der Waals surface area contributed by atoms with Gasteiger partial charge in [0.05, 0.1) is 5.58 Å². The maximum absolute atomic E-state index is 6.05. The van der Waals surface area contributed by atoms with Crippen LogP contribution in [0.25, 0.3) is 44.5 Å². The molecule has 0 saturated carbocycles. The third-order valence-electron chi connectivity index (χ3n) is 6.03. The van der Waals surface area contributed by atoms with Crippen molar-refractivity contribution in [2.45, 2.75) is 26.7 Å². The van der Waals surface area contributed by atoms with E-state index in [0.29, 0.717) is 5.92 Å². The van der Waals surface area contributed by atoms with E-state index in [1.54, 1.807) is 12.4 Å². The number of furan rings is 1. The Labute approximate surface area is 225 Å². The predicted octanol–water partition coefficient (Wildman–Crippen LogP) is 8.43. The molecule has 0 amide bonds. The molecule has 0 aliphatic heterocycles.